The number of halogens is 2. The molecule has 0 aliphatic rings. The first kappa shape index (κ1) is 13.9. The molecule has 1 aromatic heterocycles. The highest BCUT2D eigenvalue weighted by atomic mass is 35.5. The maximum atomic E-state index is 11.2. The Labute approximate surface area is 120 Å². The van der Waals surface area contributed by atoms with Gasteiger partial charge in [0.2, 0.25) is 0 Å². The summed E-state index contributed by atoms with van der Waals surface area (Å²) in [5.41, 5.74) is 1.36. The van der Waals surface area contributed by atoms with E-state index < -0.39 is 5.24 Å². The summed E-state index contributed by atoms with van der Waals surface area (Å²) < 4.78 is 10.7. The molecular formula is C13H11Cl2NO3. The van der Waals surface area contributed by atoms with Gasteiger partial charge in [-0.2, -0.15) is 0 Å². The topological polar surface area (TPSA) is 52.3 Å². The van der Waals surface area contributed by atoms with Gasteiger partial charge in [-0.05, 0) is 43.6 Å². The van der Waals surface area contributed by atoms with Crippen molar-refractivity contribution >= 4 is 28.4 Å². The molecule has 0 amide bonds. The van der Waals surface area contributed by atoms with Gasteiger partial charge in [-0.1, -0.05) is 16.8 Å². The van der Waals surface area contributed by atoms with Gasteiger partial charge in [0.1, 0.15) is 5.75 Å². The fourth-order valence-corrected chi connectivity index (χ4v) is 2.07. The SMILES string of the molecule is CCOc1cc(Cl)ccc1-c1onc(C(=O)Cl)c1C. The molecule has 0 aliphatic carbocycles. The third-order valence-corrected chi connectivity index (χ3v) is 3.01. The van der Waals surface area contributed by atoms with Crippen molar-refractivity contribution in [1.82, 2.24) is 5.16 Å². The molecule has 0 saturated heterocycles. The molecule has 19 heavy (non-hydrogen) atoms. The smallest absolute Gasteiger partial charge is 0.274 e. The molecule has 0 bridgehead atoms. The molecule has 0 spiro atoms. The molecule has 0 aliphatic heterocycles. The Hall–Kier alpha value is -1.52. The van der Waals surface area contributed by atoms with Crippen molar-refractivity contribution in [3.63, 3.8) is 0 Å². The number of aromatic nitrogens is 1. The summed E-state index contributed by atoms with van der Waals surface area (Å²) in [5, 5.41) is 3.57. The summed E-state index contributed by atoms with van der Waals surface area (Å²) in [6, 6.07) is 5.15. The van der Waals surface area contributed by atoms with Crippen molar-refractivity contribution in [2.75, 3.05) is 6.61 Å². The van der Waals surface area contributed by atoms with Gasteiger partial charge in [-0.3, -0.25) is 4.79 Å². The Morgan fingerprint density at radius 2 is 2.21 bits per heavy atom. The van der Waals surface area contributed by atoms with Gasteiger partial charge in [0.15, 0.2) is 11.5 Å². The van der Waals surface area contributed by atoms with E-state index in [2.05, 4.69) is 5.16 Å². The zero-order valence-corrected chi connectivity index (χ0v) is 11.9. The minimum absolute atomic E-state index is 0.106. The first-order valence-corrected chi connectivity index (χ1v) is 6.39. The lowest BCUT2D eigenvalue weighted by Crippen LogP contribution is -1.95. The normalized spacial score (nSPS) is 10.5. The molecule has 100 valence electrons. The van der Waals surface area contributed by atoms with Crippen LogP contribution in [0.15, 0.2) is 22.7 Å². The first-order chi connectivity index (χ1) is 9.04. The fourth-order valence-electron chi connectivity index (χ4n) is 1.73. The molecule has 0 N–H and O–H groups in total. The van der Waals surface area contributed by atoms with Gasteiger partial charge in [0.25, 0.3) is 5.24 Å². The second-order valence-electron chi connectivity index (χ2n) is 3.83. The summed E-state index contributed by atoms with van der Waals surface area (Å²) in [5.74, 6) is 1.02. The molecule has 4 nitrogen and oxygen atoms in total. The lowest BCUT2D eigenvalue weighted by molar-refractivity contribution is 0.107. The molecule has 1 aromatic carbocycles. The minimum Gasteiger partial charge on any atom is -0.493 e. The Morgan fingerprint density at radius 3 is 2.79 bits per heavy atom. The molecule has 0 fully saturated rings. The number of hydrogen-bond acceptors (Lipinski definition) is 4. The highest BCUT2D eigenvalue weighted by Gasteiger charge is 2.20. The summed E-state index contributed by atoms with van der Waals surface area (Å²) in [7, 11) is 0. The van der Waals surface area contributed by atoms with E-state index in [4.69, 9.17) is 32.5 Å². The third-order valence-electron chi connectivity index (χ3n) is 2.60. The summed E-state index contributed by atoms with van der Waals surface area (Å²) in [6.07, 6.45) is 0. The Kier molecular flexibility index (Phi) is 4.12. The summed E-state index contributed by atoms with van der Waals surface area (Å²) in [4.78, 5) is 11.2. The second kappa shape index (κ2) is 5.63. The average molecular weight is 300 g/mol. The van der Waals surface area contributed by atoms with Crippen LogP contribution in [-0.4, -0.2) is 17.0 Å². The number of ether oxygens (including phenoxy) is 1. The number of rotatable bonds is 4. The molecule has 0 atom stereocenters. The van der Waals surface area contributed by atoms with Crippen LogP contribution in [0, 0.1) is 6.92 Å². The first-order valence-electron chi connectivity index (χ1n) is 5.63. The van der Waals surface area contributed by atoms with Crippen LogP contribution in [0.2, 0.25) is 5.02 Å². The molecular weight excluding hydrogens is 289 g/mol. The molecule has 2 aromatic rings. The number of carbonyl (C=O) groups is 1. The number of benzene rings is 1. The van der Waals surface area contributed by atoms with E-state index in [0.29, 0.717) is 34.3 Å². The molecule has 0 saturated carbocycles. The van der Waals surface area contributed by atoms with Gasteiger partial charge in [-0.15, -0.1) is 0 Å². The maximum Gasteiger partial charge on any atom is 0.274 e. The highest BCUT2D eigenvalue weighted by molar-refractivity contribution is 6.67. The summed E-state index contributed by atoms with van der Waals surface area (Å²) >= 11 is 11.4. The summed E-state index contributed by atoms with van der Waals surface area (Å²) in [6.45, 7) is 4.07. The monoisotopic (exact) mass is 299 g/mol. The third kappa shape index (κ3) is 2.74. The number of carbonyl (C=O) groups excluding carboxylic acids is 1. The zero-order chi connectivity index (χ0) is 14.0. The van der Waals surface area contributed by atoms with Crippen LogP contribution in [0.25, 0.3) is 11.3 Å². The minimum atomic E-state index is -0.653. The molecule has 1 heterocycles. The van der Waals surface area contributed by atoms with E-state index >= 15 is 0 Å². The molecule has 6 heteroatoms. The molecule has 2 rings (SSSR count). The van der Waals surface area contributed by atoms with Crippen LogP contribution < -0.4 is 4.74 Å². The predicted molar refractivity (Wildman–Crippen MR) is 73.0 cm³/mol. The van der Waals surface area contributed by atoms with Crippen molar-refractivity contribution in [2.24, 2.45) is 0 Å². The zero-order valence-electron chi connectivity index (χ0n) is 10.4. The average Bonchev–Trinajstić information content (AvgIpc) is 2.72. The van der Waals surface area contributed by atoms with Crippen molar-refractivity contribution in [1.29, 1.82) is 0 Å². The highest BCUT2D eigenvalue weighted by Crippen LogP contribution is 2.35. The maximum absolute atomic E-state index is 11.2. The van der Waals surface area contributed by atoms with Crippen LogP contribution in [-0.2, 0) is 0 Å². The predicted octanol–water partition coefficient (Wildman–Crippen LogP) is 4.08. The van der Waals surface area contributed by atoms with Crippen LogP contribution in [0.5, 0.6) is 5.75 Å². The molecule has 0 unspecified atom stereocenters. The van der Waals surface area contributed by atoms with Crippen LogP contribution in [0.1, 0.15) is 23.0 Å². The van der Waals surface area contributed by atoms with E-state index in [-0.39, 0.29) is 5.69 Å². The largest absolute Gasteiger partial charge is 0.493 e. The Balaban J connectivity index is 2.55. The van der Waals surface area contributed by atoms with E-state index in [9.17, 15) is 4.79 Å². The Bertz CT molecular complexity index is 622. The standard InChI is InChI=1S/C13H11Cl2NO3/c1-3-18-10-6-8(14)4-5-9(10)12-7(2)11(13(15)17)16-19-12/h4-6H,3H2,1-2H3. The van der Waals surface area contributed by atoms with Gasteiger partial charge >= 0.3 is 0 Å². The van der Waals surface area contributed by atoms with Crippen molar-refractivity contribution in [3.8, 4) is 17.1 Å². The number of hydrogen-bond donors (Lipinski definition) is 0. The van der Waals surface area contributed by atoms with E-state index in [1.807, 2.05) is 6.92 Å². The quantitative estimate of drug-likeness (QED) is 0.798. The van der Waals surface area contributed by atoms with Gasteiger partial charge in [0.05, 0.1) is 12.2 Å². The fraction of sp³-hybridized carbons (Fsp3) is 0.231. The van der Waals surface area contributed by atoms with E-state index in [0.717, 1.165) is 0 Å². The van der Waals surface area contributed by atoms with Crippen LogP contribution >= 0.6 is 23.2 Å². The molecule has 0 radical (unpaired) electrons. The van der Waals surface area contributed by atoms with Crippen LogP contribution in [0.3, 0.4) is 0 Å². The van der Waals surface area contributed by atoms with E-state index in [1.54, 1.807) is 25.1 Å². The van der Waals surface area contributed by atoms with Gasteiger partial charge in [-0.25, -0.2) is 0 Å². The lowest BCUT2D eigenvalue weighted by atomic mass is 10.1. The Morgan fingerprint density at radius 1 is 1.47 bits per heavy atom. The van der Waals surface area contributed by atoms with Crippen LogP contribution in [0.4, 0.5) is 0 Å². The van der Waals surface area contributed by atoms with Gasteiger partial charge < -0.3 is 9.26 Å². The number of nitrogens with zero attached hydrogens (tertiary/aromatic N) is 1. The lowest BCUT2D eigenvalue weighted by Gasteiger charge is -2.08. The van der Waals surface area contributed by atoms with Crippen molar-refractivity contribution in [2.45, 2.75) is 13.8 Å². The van der Waals surface area contributed by atoms with Gasteiger partial charge in [0, 0.05) is 10.6 Å². The van der Waals surface area contributed by atoms with Crippen molar-refractivity contribution in [3.05, 3.63) is 34.5 Å². The second-order valence-corrected chi connectivity index (χ2v) is 4.61. The van der Waals surface area contributed by atoms with E-state index in [1.165, 1.54) is 0 Å². The van der Waals surface area contributed by atoms with Crippen molar-refractivity contribution < 1.29 is 14.1 Å².